The number of carbonyl (C=O) groups excluding carboxylic acids is 1. The van der Waals surface area contributed by atoms with Crippen LogP contribution in [0.3, 0.4) is 0 Å². The minimum Gasteiger partial charge on any atom is -0.313 e. The number of anilines is 1. The molecule has 29 heavy (non-hydrogen) atoms. The normalized spacial score (nSPS) is 16.4. The first-order valence-electron chi connectivity index (χ1n) is 8.89. The van der Waals surface area contributed by atoms with Gasteiger partial charge in [-0.3, -0.25) is 0 Å². The molecule has 3 nitrogen and oxygen atoms in total. The molecule has 0 bridgehead atoms. The van der Waals surface area contributed by atoms with Crippen molar-refractivity contribution in [3.8, 4) is 0 Å². The number of carbonyl (C=O) groups is 1. The van der Waals surface area contributed by atoms with E-state index in [2.05, 4.69) is 5.32 Å². The fourth-order valence-electron chi connectivity index (χ4n) is 3.48. The largest absolute Gasteiger partial charge is 0.416 e. The van der Waals surface area contributed by atoms with E-state index in [1.165, 1.54) is 36.4 Å². The van der Waals surface area contributed by atoms with Crippen LogP contribution in [-0.4, -0.2) is 17.5 Å². The van der Waals surface area contributed by atoms with E-state index in [-0.39, 0.29) is 0 Å². The second kappa shape index (κ2) is 7.51. The highest BCUT2D eigenvalue weighted by atomic mass is 32.1. The highest BCUT2D eigenvalue weighted by molar-refractivity contribution is 7.10. The summed E-state index contributed by atoms with van der Waals surface area (Å²) in [6, 6.07) is 11.3. The van der Waals surface area contributed by atoms with Crippen LogP contribution in [0.2, 0.25) is 0 Å². The van der Waals surface area contributed by atoms with E-state index >= 15 is 0 Å². The number of hydrogen-bond donors (Lipinski definition) is 1. The van der Waals surface area contributed by atoms with Crippen molar-refractivity contribution in [2.45, 2.75) is 18.6 Å². The number of alkyl halides is 3. The van der Waals surface area contributed by atoms with E-state index < -0.39 is 29.6 Å². The van der Waals surface area contributed by atoms with Gasteiger partial charge in [0.25, 0.3) is 0 Å². The van der Waals surface area contributed by atoms with Gasteiger partial charge in [-0.15, -0.1) is 11.3 Å². The van der Waals surface area contributed by atoms with Crippen LogP contribution in [0.4, 0.5) is 28.0 Å². The van der Waals surface area contributed by atoms with Gasteiger partial charge in [0, 0.05) is 17.1 Å². The first-order valence-corrected chi connectivity index (χ1v) is 9.77. The summed E-state index contributed by atoms with van der Waals surface area (Å²) >= 11 is 1.57. The van der Waals surface area contributed by atoms with Crippen LogP contribution in [0.25, 0.3) is 0 Å². The van der Waals surface area contributed by atoms with Crippen LogP contribution in [-0.2, 0) is 12.6 Å². The summed E-state index contributed by atoms with van der Waals surface area (Å²) in [5, 5.41) is 4.66. The summed E-state index contributed by atoms with van der Waals surface area (Å²) in [6.07, 6.45) is -3.75. The lowest BCUT2D eigenvalue weighted by Crippen LogP contribution is -2.42. The molecule has 0 spiro atoms. The summed E-state index contributed by atoms with van der Waals surface area (Å²) in [4.78, 5) is 15.6. The van der Waals surface area contributed by atoms with Gasteiger partial charge in [-0.25, -0.2) is 9.18 Å². The highest BCUT2D eigenvalue weighted by Gasteiger charge is 2.34. The second-order valence-corrected chi connectivity index (χ2v) is 7.70. The van der Waals surface area contributed by atoms with Crippen molar-refractivity contribution in [3.63, 3.8) is 0 Å². The second-order valence-electron chi connectivity index (χ2n) is 6.70. The first kappa shape index (κ1) is 19.4. The van der Waals surface area contributed by atoms with Crippen LogP contribution in [0.5, 0.6) is 0 Å². The average molecular weight is 420 g/mol. The number of urea groups is 1. The third-order valence-electron chi connectivity index (χ3n) is 4.88. The van der Waals surface area contributed by atoms with Gasteiger partial charge in [-0.1, -0.05) is 12.1 Å². The van der Waals surface area contributed by atoms with E-state index in [0.29, 0.717) is 24.2 Å². The number of amides is 2. The molecule has 0 saturated carbocycles. The molecule has 1 unspecified atom stereocenters. The Hall–Kier alpha value is -2.87. The molecule has 3 aromatic rings. The van der Waals surface area contributed by atoms with Crippen molar-refractivity contribution in [1.29, 1.82) is 0 Å². The number of nitrogens with one attached hydrogen (secondary N) is 1. The van der Waals surface area contributed by atoms with Gasteiger partial charge in [-0.2, -0.15) is 13.2 Å². The number of rotatable bonds is 2. The average Bonchev–Trinajstić information content (AvgIpc) is 3.17. The Morgan fingerprint density at radius 1 is 1.03 bits per heavy atom. The van der Waals surface area contributed by atoms with Crippen molar-refractivity contribution >= 4 is 23.1 Å². The molecule has 1 aliphatic rings. The molecule has 0 fully saturated rings. The topological polar surface area (TPSA) is 32.3 Å². The summed E-state index contributed by atoms with van der Waals surface area (Å²) in [5.41, 5.74) is 1.23. The van der Waals surface area contributed by atoms with Crippen LogP contribution in [0, 0.1) is 5.82 Å². The van der Waals surface area contributed by atoms with Gasteiger partial charge < -0.3 is 10.2 Å². The van der Waals surface area contributed by atoms with Crippen LogP contribution in [0.15, 0.2) is 60.0 Å². The maximum absolute atomic E-state index is 13.1. The zero-order valence-electron chi connectivity index (χ0n) is 15.0. The maximum atomic E-state index is 13.1. The minimum atomic E-state index is -4.42. The lowest BCUT2D eigenvalue weighted by molar-refractivity contribution is -0.137. The van der Waals surface area contributed by atoms with Crippen molar-refractivity contribution in [1.82, 2.24) is 4.90 Å². The summed E-state index contributed by atoms with van der Waals surface area (Å²) in [7, 11) is 0. The maximum Gasteiger partial charge on any atom is 0.416 e. The van der Waals surface area contributed by atoms with Gasteiger partial charge in [0.1, 0.15) is 5.82 Å². The molecule has 4 rings (SSSR count). The van der Waals surface area contributed by atoms with Gasteiger partial charge in [-0.05, 0) is 65.4 Å². The Bertz CT molecular complexity index is 1010. The standard InChI is InChI=1S/C21H16F4N2OS/c22-15-5-7-16(8-6-15)26-20(28)27-11-9-18-17(10-12-29-18)19(27)13-1-3-14(4-2-13)21(23,24)25/h1-8,10,12,19H,9,11H2,(H,26,28). The predicted octanol–water partition coefficient (Wildman–Crippen LogP) is 6.09. The van der Waals surface area contributed by atoms with E-state index in [0.717, 1.165) is 22.6 Å². The summed E-state index contributed by atoms with van der Waals surface area (Å²) in [6.45, 7) is 0.423. The third kappa shape index (κ3) is 3.98. The molecule has 2 aromatic carbocycles. The Kier molecular flexibility index (Phi) is 5.04. The first-order chi connectivity index (χ1) is 13.8. The molecule has 2 heterocycles. The molecule has 0 aliphatic carbocycles. The third-order valence-corrected chi connectivity index (χ3v) is 5.87. The van der Waals surface area contributed by atoms with Gasteiger partial charge >= 0.3 is 12.2 Å². The van der Waals surface area contributed by atoms with Crippen molar-refractivity contribution in [2.24, 2.45) is 0 Å². The number of nitrogens with zero attached hydrogens (tertiary/aromatic N) is 1. The molecule has 8 heteroatoms. The number of benzene rings is 2. The molecule has 1 aromatic heterocycles. The van der Waals surface area contributed by atoms with E-state index in [9.17, 15) is 22.4 Å². The number of halogens is 4. The van der Waals surface area contributed by atoms with Gasteiger partial charge in [0.2, 0.25) is 0 Å². The molecular formula is C21H16F4N2OS. The number of thiophene rings is 1. The van der Waals surface area contributed by atoms with Crippen molar-refractivity contribution in [3.05, 3.63) is 87.4 Å². The summed E-state index contributed by atoms with van der Waals surface area (Å²) < 4.78 is 51.9. The minimum absolute atomic E-state index is 0.390. The molecule has 2 amide bonds. The fourth-order valence-corrected chi connectivity index (χ4v) is 4.38. The number of fused-ring (bicyclic) bond motifs is 1. The smallest absolute Gasteiger partial charge is 0.313 e. The van der Waals surface area contributed by atoms with E-state index in [4.69, 9.17) is 0 Å². The van der Waals surface area contributed by atoms with E-state index in [1.807, 2.05) is 11.4 Å². The molecule has 1 aliphatic heterocycles. The molecule has 0 radical (unpaired) electrons. The zero-order valence-corrected chi connectivity index (χ0v) is 15.9. The SMILES string of the molecule is O=C(Nc1ccc(F)cc1)N1CCc2sccc2C1c1ccc(C(F)(F)F)cc1. The molecule has 0 saturated heterocycles. The zero-order chi connectivity index (χ0) is 20.6. The highest BCUT2D eigenvalue weighted by Crippen LogP contribution is 2.39. The van der Waals surface area contributed by atoms with Gasteiger partial charge in [0.05, 0.1) is 11.6 Å². The van der Waals surface area contributed by atoms with E-state index in [1.54, 1.807) is 16.2 Å². The Labute approximate surface area is 168 Å². The fraction of sp³-hybridized carbons (Fsp3) is 0.190. The molecule has 1 atom stereocenters. The molecular weight excluding hydrogens is 404 g/mol. The van der Waals surface area contributed by atoms with Crippen molar-refractivity contribution in [2.75, 3.05) is 11.9 Å². The van der Waals surface area contributed by atoms with Crippen LogP contribution < -0.4 is 5.32 Å². The quantitative estimate of drug-likeness (QED) is 0.500. The number of hydrogen-bond acceptors (Lipinski definition) is 2. The van der Waals surface area contributed by atoms with Gasteiger partial charge in [0.15, 0.2) is 0 Å². The van der Waals surface area contributed by atoms with Crippen LogP contribution in [0.1, 0.15) is 27.6 Å². The predicted molar refractivity (Wildman–Crippen MR) is 103 cm³/mol. The summed E-state index contributed by atoms with van der Waals surface area (Å²) in [5.74, 6) is -0.411. The van der Waals surface area contributed by atoms with Crippen LogP contribution >= 0.6 is 11.3 Å². The monoisotopic (exact) mass is 420 g/mol. The molecule has 1 N–H and O–H groups in total. The Morgan fingerprint density at radius 3 is 2.38 bits per heavy atom. The Morgan fingerprint density at radius 2 is 1.72 bits per heavy atom. The lowest BCUT2D eigenvalue weighted by Gasteiger charge is -2.36. The Balaban J connectivity index is 1.66. The molecule has 150 valence electrons. The lowest BCUT2D eigenvalue weighted by atomic mass is 9.93. The van der Waals surface area contributed by atoms with Crippen molar-refractivity contribution < 1.29 is 22.4 Å².